The van der Waals surface area contributed by atoms with Gasteiger partial charge in [0.05, 0.1) is 0 Å². The van der Waals surface area contributed by atoms with Crippen LogP contribution >= 0.6 is 7.60 Å². The molecule has 2 N–H and O–H groups in total. The second-order valence-electron chi connectivity index (χ2n) is 1.43. The molecule has 0 amide bonds. The van der Waals surface area contributed by atoms with Gasteiger partial charge in [0.15, 0.2) is 0 Å². The van der Waals surface area contributed by atoms with Crippen LogP contribution in [0.5, 0.6) is 0 Å². The summed E-state index contributed by atoms with van der Waals surface area (Å²) >= 11 is 0. The Morgan fingerprint density at radius 1 is 1.30 bits per heavy atom. The largest absolute Gasteiger partial charge is 0.404 e. The Balaban J connectivity index is 4.58. The second-order valence-corrected chi connectivity index (χ2v) is 3.12. The van der Waals surface area contributed by atoms with Gasteiger partial charge in [-0.1, -0.05) is 0 Å². The molecule has 0 rings (SSSR count). The van der Waals surface area contributed by atoms with Crippen LogP contribution in [-0.2, 0) is 4.57 Å². The number of rotatable bonds is 2. The van der Waals surface area contributed by atoms with E-state index in [2.05, 4.69) is 0 Å². The molecule has 0 fully saturated rings. The molecule has 0 atom stereocenters. The van der Waals surface area contributed by atoms with Crippen LogP contribution in [0, 0.1) is 0 Å². The van der Waals surface area contributed by atoms with Crippen LogP contribution in [0.15, 0.2) is 0 Å². The molecule has 3 nitrogen and oxygen atoms in total. The average Bonchev–Trinajstić information content (AvgIpc) is 1.62. The molecule has 0 aromatic carbocycles. The zero-order valence-electron chi connectivity index (χ0n) is 4.34. The maximum Gasteiger partial charge on any atom is 0.404 e. The van der Waals surface area contributed by atoms with Crippen molar-refractivity contribution in [3.63, 3.8) is 0 Å². The van der Waals surface area contributed by atoms with Gasteiger partial charge in [0.25, 0.3) is 0 Å². The van der Waals surface area contributed by atoms with E-state index in [4.69, 9.17) is 9.79 Å². The maximum atomic E-state index is 11.5. The first-order valence-electron chi connectivity index (χ1n) is 1.91. The minimum atomic E-state index is -6.01. The lowest BCUT2D eigenvalue weighted by atomic mass is 10.7. The highest BCUT2D eigenvalue weighted by Gasteiger charge is 2.57. The van der Waals surface area contributed by atoms with Crippen LogP contribution in [0.2, 0.25) is 0 Å². The minimum Gasteiger partial charge on any atom is -0.320 e. The van der Waals surface area contributed by atoms with Crippen molar-refractivity contribution in [3.05, 3.63) is 0 Å². The Morgan fingerprint density at radius 3 is 1.60 bits per heavy atom. The molecule has 0 bridgehead atoms. The second kappa shape index (κ2) is 2.48. The molecule has 0 aliphatic carbocycles. The molecular weight excluding hydrogens is 179 g/mol. The highest BCUT2D eigenvalue weighted by molar-refractivity contribution is 7.53. The van der Waals surface area contributed by atoms with E-state index in [1.54, 1.807) is 0 Å². The normalized spacial score (nSPS) is 14.3. The van der Waals surface area contributed by atoms with Crippen LogP contribution in [0.1, 0.15) is 0 Å². The van der Waals surface area contributed by atoms with Crippen molar-refractivity contribution in [1.82, 2.24) is 0 Å². The number of alkyl halides is 4. The SMILES string of the molecule is O=P(O)(O)C(F)(F)C(F)F. The van der Waals surface area contributed by atoms with E-state index in [0.29, 0.717) is 0 Å². The van der Waals surface area contributed by atoms with Crippen LogP contribution in [-0.4, -0.2) is 21.9 Å². The molecule has 0 spiro atoms. The van der Waals surface area contributed by atoms with Gasteiger partial charge in [-0.05, 0) is 0 Å². The van der Waals surface area contributed by atoms with Gasteiger partial charge in [0.2, 0.25) is 0 Å². The Hall–Kier alpha value is -0.130. The molecular formula is C2H3F4O3P. The van der Waals surface area contributed by atoms with Crippen LogP contribution in [0.4, 0.5) is 17.6 Å². The first-order chi connectivity index (χ1) is 4.19. The van der Waals surface area contributed by atoms with E-state index in [0.717, 1.165) is 0 Å². The van der Waals surface area contributed by atoms with E-state index < -0.39 is 19.7 Å². The molecule has 0 unspecified atom stereocenters. The third-order valence-electron chi connectivity index (χ3n) is 0.651. The summed E-state index contributed by atoms with van der Waals surface area (Å²) in [6, 6.07) is 0. The van der Waals surface area contributed by atoms with Crippen molar-refractivity contribution >= 4 is 7.60 Å². The molecule has 0 saturated carbocycles. The van der Waals surface area contributed by atoms with Gasteiger partial charge in [-0.2, -0.15) is 8.78 Å². The Labute approximate surface area is 52.8 Å². The molecule has 0 saturated heterocycles. The summed E-state index contributed by atoms with van der Waals surface area (Å²) in [5.41, 5.74) is -5.23. The summed E-state index contributed by atoms with van der Waals surface area (Å²) in [6.07, 6.45) is -4.34. The van der Waals surface area contributed by atoms with E-state index >= 15 is 0 Å². The third kappa shape index (κ3) is 1.68. The zero-order chi connectivity index (χ0) is 8.58. The summed E-state index contributed by atoms with van der Waals surface area (Å²) in [5, 5.41) is 0. The molecule has 0 aromatic rings. The lowest BCUT2D eigenvalue weighted by Gasteiger charge is -2.15. The minimum absolute atomic E-state index is 4.34. The quantitative estimate of drug-likeness (QED) is 0.495. The van der Waals surface area contributed by atoms with Gasteiger partial charge in [0, 0.05) is 0 Å². The number of halogens is 4. The summed E-state index contributed by atoms with van der Waals surface area (Å²) in [4.78, 5) is 15.2. The van der Waals surface area contributed by atoms with E-state index in [1.807, 2.05) is 0 Å². The molecule has 62 valence electrons. The molecule has 0 radical (unpaired) electrons. The molecule has 10 heavy (non-hydrogen) atoms. The van der Waals surface area contributed by atoms with E-state index in [9.17, 15) is 22.1 Å². The maximum absolute atomic E-state index is 11.5. The van der Waals surface area contributed by atoms with Crippen LogP contribution in [0.3, 0.4) is 0 Å². The van der Waals surface area contributed by atoms with Crippen molar-refractivity contribution in [2.45, 2.75) is 12.1 Å². The van der Waals surface area contributed by atoms with Crippen LogP contribution in [0.25, 0.3) is 0 Å². The van der Waals surface area contributed by atoms with Gasteiger partial charge in [-0.25, -0.2) is 8.78 Å². The summed E-state index contributed by atoms with van der Waals surface area (Å²) in [5.74, 6) is 0. The van der Waals surface area contributed by atoms with Crippen molar-refractivity contribution in [1.29, 1.82) is 0 Å². The first kappa shape index (κ1) is 9.87. The summed E-state index contributed by atoms with van der Waals surface area (Å²) in [7, 11) is -6.01. The summed E-state index contributed by atoms with van der Waals surface area (Å²) < 4.78 is 54.8. The Morgan fingerprint density at radius 2 is 1.60 bits per heavy atom. The van der Waals surface area contributed by atoms with Gasteiger partial charge in [-0.3, -0.25) is 4.57 Å². The van der Waals surface area contributed by atoms with Crippen molar-refractivity contribution < 1.29 is 31.9 Å². The average molecular weight is 182 g/mol. The molecule has 0 aliphatic rings. The zero-order valence-corrected chi connectivity index (χ0v) is 5.23. The number of hydrogen-bond acceptors (Lipinski definition) is 1. The fourth-order valence-electron chi connectivity index (χ4n) is 0.127. The number of hydrogen-bond donors (Lipinski definition) is 2. The lowest BCUT2D eigenvalue weighted by molar-refractivity contribution is -0.0793. The highest BCUT2D eigenvalue weighted by atomic mass is 31.2. The smallest absolute Gasteiger partial charge is 0.320 e. The van der Waals surface area contributed by atoms with Crippen molar-refractivity contribution in [3.8, 4) is 0 Å². The lowest BCUT2D eigenvalue weighted by Crippen LogP contribution is -2.25. The van der Waals surface area contributed by atoms with Crippen molar-refractivity contribution in [2.75, 3.05) is 0 Å². The predicted octanol–water partition coefficient (Wildman–Crippen LogP) is 1.02. The standard InChI is InChI=1S/C2H3F4O3P/c3-1(4)2(5,6)10(7,8)9/h1H,(H2,7,8,9). The molecule has 0 heterocycles. The van der Waals surface area contributed by atoms with Crippen molar-refractivity contribution in [2.24, 2.45) is 0 Å². The van der Waals surface area contributed by atoms with Gasteiger partial charge >= 0.3 is 19.7 Å². The first-order valence-corrected chi connectivity index (χ1v) is 3.52. The molecule has 0 aliphatic heterocycles. The van der Waals surface area contributed by atoms with E-state index in [-0.39, 0.29) is 0 Å². The Bertz CT molecular complexity index is 162. The molecule has 8 heteroatoms. The van der Waals surface area contributed by atoms with Gasteiger partial charge < -0.3 is 9.79 Å². The van der Waals surface area contributed by atoms with Gasteiger partial charge in [0.1, 0.15) is 0 Å². The fraction of sp³-hybridized carbons (Fsp3) is 1.00. The summed E-state index contributed by atoms with van der Waals surface area (Å²) in [6.45, 7) is 0. The predicted molar refractivity (Wildman–Crippen MR) is 23.0 cm³/mol. The third-order valence-corrected chi connectivity index (χ3v) is 1.62. The monoisotopic (exact) mass is 182 g/mol. The highest BCUT2D eigenvalue weighted by Crippen LogP contribution is 2.55. The van der Waals surface area contributed by atoms with Crippen LogP contribution < -0.4 is 0 Å². The molecule has 0 aromatic heterocycles. The Kier molecular flexibility index (Phi) is 2.45. The van der Waals surface area contributed by atoms with Gasteiger partial charge in [-0.15, -0.1) is 0 Å². The fourth-order valence-corrected chi connectivity index (χ4v) is 0.381. The topological polar surface area (TPSA) is 57.5 Å². The van der Waals surface area contributed by atoms with E-state index in [1.165, 1.54) is 0 Å².